The summed E-state index contributed by atoms with van der Waals surface area (Å²) in [5.74, 6) is -0.540. The van der Waals surface area contributed by atoms with Crippen LogP contribution in [0.25, 0.3) is 0 Å². The fraction of sp³-hybridized carbons (Fsp3) is 0.214. The van der Waals surface area contributed by atoms with Gasteiger partial charge in [-0.3, -0.25) is 14.9 Å². The molecule has 0 bridgehead atoms. The Morgan fingerprint density at radius 1 is 1.30 bits per heavy atom. The van der Waals surface area contributed by atoms with Gasteiger partial charge in [-0.25, -0.2) is 4.98 Å². The highest BCUT2D eigenvalue weighted by atomic mass is 32.1. The van der Waals surface area contributed by atoms with Crippen molar-refractivity contribution in [3.63, 3.8) is 0 Å². The van der Waals surface area contributed by atoms with Crippen molar-refractivity contribution >= 4 is 28.3 Å². The molecule has 0 spiro atoms. The molecule has 20 heavy (non-hydrogen) atoms. The topological polar surface area (TPSA) is 68.3 Å². The van der Waals surface area contributed by atoms with Crippen molar-refractivity contribution < 1.29 is 14.3 Å². The molecule has 2 rings (SSSR count). The van der Waals surface area contributed by atoms with E-state index >= 15 is 0 Å². The summed E-state index contributed by atoms with van der Waals surface area (Å²) in [6, 6.07) is 8.89. The quantitative estimate of drug-likeness (QED) is 0.878. The van der Waals surface area contributed by atoms with Gasteiger partial charge in [-0.1, -0.05) is 18.2 Å². The highest BCUT2D eigenvalue weighted by molar-refractivity contribution is 7.16. The van der Waals surface area contributed by atoms with E-state index in [4.69, 9.17) is 0 Å². The van der Waals surface area contributed by atoms with Gasteiger partial charge in [-0.15, -0.1) is 11.3 Å². The maximum atomic E-state index is 12.0. The van der Waals surface area contributed by atoms with Crippen LogP contribution in [0, 0.1) is 6.92 Å². The summed E-state index contributed by atoms with van der Waals surface area (Å²) in [6.07, 6.45) is 0.168. The minimum atomic E-state index is -0.322. The first-order valence-electron chi connectivity index (χ1n) is 5.99. The van der Waals surface area contributed by atoms with Gasteiger partial charge in [0.1, 0.15) is 0 Å². The van der Waals surface area contributed by atoms with Crippen LogP contribution in [0.15, 0.2) is 30.3 Å². The lowest BCUT2D eigenvalue weighted by atomic mass is 10.2. The normalized spacial score (nSPS) is 10.1. The molecular formula is C14H14N2O3S. The smallest absolute Gasteiger partial charge is 0.310 e. The lowest BCUT2D eigenvalue weighted by molar-refractivity contribution is -0.139. The number of carbonyl (C=O) groups is 2. The predicted octanol–water partition coefficient (Wildman–Crippen LogP) is 2.42. The van der Waals surface area contributed by atoms with E-state index in [-0.39, 0.29) is 18.3 Å². The van der Waals surface area contributed by atoms with Crippen molar-refractivity contribution in [1.82, 2.24) is 4.98 Å². The van der Waals surface area contributed by atoms with Crippen LogP contribution in [0.2, 0.25) is 0 Å². The number of hydrogen-bond donors (Lipinski definition) is 1. The standard InChI is InChI=1S/C14H14N2O3S/c1-9-11(8-12(17)19-2)20-14(15-9)16-13(18)10-6-4-3-5-7-10/h3-7H,8H2,1-2H3,(H,15,16,18). The number of amides is 1. The molecule has 6 heteroatoms. The molecule has 1 aromatic heterocycles. The summed E-state index contributed by atoms with van der Waals surface area (Å²) in [7, 11) is 1.34. The number of nitrogens with one attached hydrogen (secondary N) is 1. The highest BCUT2D eigenvalue weighted by Crippen LogP contribution is 2.23. The van der Waals surface area contributed by atoms with Crippen LogP contribution >= 0.6 is 11.3 Å². The third-order valence-corrected chi connectivity index (χ3v) is 3.75. The van der Waals surface area contributed by atoms with E-state index in [2.05, 4.69) is 15.0 Å². The molecular weight excluding hydrogens is 276 g/mol. The number of methoxy groups -OCH3 is 1. The number of benzene rings is 1. The van der Waals surface area contributed by atoms with Gasteiger partial charge in [0.25, 0.3) is 5.91 Å². The zero-order valence-electron chi connectivity index (χ0n) is 11.2. The Hall–Kier alpha value is -2.21. The van der Waals surface area contributed by atoms with Gasteiger partial charge in [0.15, 0.2) is 5.13 Å². The average Bonchev–Trinajstić information content (AvgIpc) is 2.79. The summed E-state index contributed by atoms with van der Waals surface area (Å²) in [5.41, 5.74) is 1.29. The number of nitrogens with zero attached hydrogens (tertiary/aromatic N) is 1. The van der Waals surface area contributed by atoms with Gasteiger partial charge in [-0.05, 0) is 19.1 Å². The third-order valence-electron chi connectivity index (χ3n) is 2.68. The second kappa shape index (κ2) is 6.29. The molecule has 0 radical (unpaired) electrons. The zero-order chi connectivity index (χ0) is 14.5. The molecule has 0 saturated carbocycles. The fourth-order valence-corrected chi connectivity index (χ4v) is 2.55. The minimum absolute atomic E-state index is 0.168. The summed E-state index contributed by atoms with van der Waals surface area (Å²) in [4.78, 5) is 28.3. The van der Waals surface area contributed by atoms with Crippen molar-refractivity contribution in [3.8, 4) is 0 Å². The maximum Gasteiger partial charge on any atom is 0.310 e. The Balaban J connectivity index is 2.09. The van der Waals surface area contributed by atoms with Crippen LogP contribution in [0.3, 0.4) is 0 Å². The predicted molar refractivity (Wildman–Crippen MR) is 77.0 cm³/mol. The van der Waals surface area contributed by atoms with Crippen LogP contribution in [-0.2, 0) is 16.0 Å². The lowest BCUT2D eigenvalue weighted by Crippen LogP contribution is -2.11. The molecule has 104 valence electrons. The Morgan fingerprint density at radius 3 is 2.65 bits per heavy atom. The van der Waals surface area contributed by atoms with Crippen molar-refractivity contribution in [3.05, 3.63) is 46.5 Å². The monoisotopic (exact) mass is 290 g/mol. The SMILES string of the molecule is COC(=O)Cc1sc(NC(=O)c2ccccc2)nc1C. The van der Waals surface area contributed by atoms with Crippen LogP contribution in [0.5, 0.6) is 0 Å². The Morgan fingerprint density at radius 2 is 2.00 bits per heavy atom. The van der Waals surface area contributed by atoms with Gasteiger partial charge in [-0.2, -0.15) is 0 Å². The van der Waals surface area contributed by atoms with Crippen LogP contribution in [-0.4, -0.2) is 24.0 Å². The number of anilines is 1. The summed E-state index contributed by atoms with van der Waals surface area (Å²) in [5, 5.41) is 3.21. The van der Waals surface area contributed by atoms with E-state index in [1.807, 2.05) is 6.07 Å². The van der Waals surface area contributed by atoms with E-state index in [0.29, 0.717) is 10.7 Å². The molecule has 0 aliphatic rings. The first kappa shape index (κ1) is 14.2. The largest absolute Gasteiger partial charge is 0.469 e. The first-order chi connectivity index (χ1) is 9.60. The van der Waals surface area contributed by atoms with Gasteiger partial charge >= 0.3 is 5.97 Å². The summed E-state index contributed by atoms with van der Waals surface area (Å²) < 4.78 is 4.62. The number of esters is 1. The van der Waals surface area contributed by atoms with Crippen molar-refractivity contribution in [1.29, 1.82) is 0 Å². The van der Waals surface area contributed by atoms with Crippen LogP contribution in [0.1, 0.15) is 20.9 Å². The van der Waals surface area contributed by atoms with E-state index in [1.165, 1.54) is 18.4 Å². The number of aromatic nitrogens is 1. The van der Waals surface area contributed by atoms with Gasteiger partial charge in [0.05, 0.1) is 19.2 Å². The molecule has 5 nitrogen and oxygen atoms in total. The van der Waals surface area contributed by atoms with E-state index in [9.17, 15) is 9.59 Å². The van der Waals surface area contributed by atoms with E-state index < -0.39 is 0 Å². The van der Waals surface area contributed by atoms with E-state index in [1.54, 1.807) is 31.2 Å². The number of thiazole rings is 1. The molecule has 0 unspecified atom stereocenters. The Bertz CT molecular complexity index is 623. The molecule has 0 aliphatic carbocycles. The van der Waals surface area contributed by atoms with Crippen molar-refractivity contribution in [2.45, 2.75) is 13.3 Å². The molecule has 1 aromatic carbocycles. The molecule has 1 amide bonds. The second-order valence-electron chi connectivity index (χ2n) is 4.10. The second-order valence-corrected chi connectivity index (χ2v) is 5.18. The number of hydrogen-bond acceptors (Lipinski definition) is 5. The van der Waals surface area contributed by atoms with E-state index in [0.717, 1.165) is 10.6 Å². The lowest BCUT2D eigenvalue weighted by Gasteiger charge is -2.00. The Kier molecular flexibility index (Phi) is 4.47. The van der Waals surface area contributed by atoms with Crippen molar-refractivity contribution in [2.75, 3.05) is 12.4 Å². The van der Waals surface area contributed by atoms with Gasteiger partial charge in [0.2, 0.25) is 0 Å². The molecule has 1 N–H and O–H groups in total. The Labute approximate surface area is 120 Å². The number of ether oxygens (including phenoxy) is 1. The fourth-order valence-electron chi connectivity index (χ4n) is 1.61. The van der Waals surface area contributed by atoms with Crippen LogP contribution < -0.4 is 5.32 Å². The molecule has 0 saturated heterocycles. The molecule has 0 fully saturated rings. The van der Waals surface area contributed by atoms with Gasteiger partial charge < -0.3 is 4.74 Å². The zero-order valence-corrected chi connectivity index (χ0v) is 12.0. The highest BCUT2D eigenvalue weighted by Gasteiger charge is 2.14. The summed E-state index contributed by atoms with van der Waals surface area (Å²) in [6.45, 7) is 1.80. The minimum Gasteiger partial charge on any atom is -0.469 e. The third kappa shape index (κ3) is 3.42. The molecule has 0 atom stereocenters. The number of aryl methyl sites for hydroxylation is 1. The van der Waals surface area contributed by atoms with Crippen LogP contribution in [0.4, 0.5) is 5.13 Å². The molecule has 0 aliphatic heterocycles. The van der Waals surface area contributed by atoms with Crippen molar-refractivity contribution in [2.24, 2.45) is 0 Å². The average molecular weight is 290 g/mol. The molecule has 1 heterocycles. The number of rotatable bonds is 4. The number of carbonyl (C=O) groups excluding carboxylic acids is 2. The maximum absolute atomic E-state index is 12.0. The first-order valence-corrected chi connectivity index (χ1v) is 6.81. The van der Waals surface area contributed by atoms with Gasteiger partial charge in [0, 0.05) is 10.4 Å². The summed E-state index contributed by atoms with van der Waals surface area (Å²) >= 11 is 1.28. The molecule has 2 aromatic rings.